The molecule has 1 aliphatic rings. The van der Waals surface area contributed by atoms with Gasteiger partial charge < -0.3 is 19.5 Å². The summed E-state index contributed by atoms with van der Waals surface area (Å²) in [4.78, 5) is 12.3. The molecule has 0 unspecified atom stereocenters. The lowest BCUT2D eigenvalue weighted by molar-refractivity contribution is 0.171. The average molecular weight is 472 g/mol. The third kappa shape index (κ3) is 6.08. The second kappa shape index (κ2) is 10.0. The molecule has 0 atom stereocenters. The highest BCUT2D eigenvalue weighted by molar-refractivity contribution is 7.88. The number of benzene rings is 2. The zero-order valence-corrected chi connectivity index (χ0v) is 19.2. The standard InChI is InChI=1S/C22H25N5O5S/c1-15-17(4-3-5-18(15)16-6-7-19-20(12-16)31-11-10-30-19)13-32-22-25-14-24-21(27-22)23-8-9-26-33(2,28)29/h3-7,12,14,26H,8-11,13H2,1-2H3,(H,23,24,25,27). The molecule has 174 valence electrons. The molecule has 4 rings (SSSR count). The van der Waals surface area contributed by atoms with Crippen molar-refractivity contribution in [3.8, 4) is 28.6 Å². The molecule has 0 aliphatic carbocycles. The number of aromatic nitrogens is 3. The van der Waals surface area contributed by atoms with E-state index in [0.29, 0.717) is 25.7 Å². The third-order valence-electron chi connectivity index (χ3n) is 4.98. The maximum atomic E-state index is 11.1. The summed E-state index contributed by atoms with van der Waals surface area (Å²) in [6.07, 6.45) is 2.44. The predicted molar refractivity (Wildman–Crippen MR) is 123 cm³/mol. The van der Waals surface area contributed by atoms with Crippen molar-refractivity contribution in [2.75, 3.05) is 37.9 Å². The van der Waals surface area contributed by atoms with Gasteiger partial charge in [0, 0.05) is 13.1 Å². The smallest absolute Gasteiger partial charge is 0.321 e. The van der Waals surface area contributed by atoms with Crippen molar-refractivity contribution in [3.05, 3.63) is 53.9 Å². The Labute approximate surface area is 192 Å². The first-order valence-electron chi connectivity index (χ1n) is 10.4. The van der Waals surface area contributed by atoms with Crippen LogP contribution >= 0.6 is 0 Å². The third-order valence-corrected chi connectivity index (χ3v) is 5.71. The van der Waals surface area contributed by atoms with Crippen molar-refractivity contribution in [1.82, 2.24) is 19.7 Å². The lowest BCUT2D eigenvalue weighted by atomic mass is 9.96. The Kier molecular flexibility index (Phi) is 6.90. The van der Waals surface area contributed by atoms with E-state index >= 15 is 0 Å². The van der Waals surface area contributed by atoms with Crippen molar-refractivity contribution in [2.24, 2.45) is 0 Å². The van der Waals surface area contributed by atoms with Gasteiger partial charge in [0.25, 0.3) is 0 Å². The van der Waals surface area contributed by atoms with E-state index in [1.165, 1.54) is 6.33 Å². The highest BCUT2D eigenvalue weighted by Gasteiger charge is 2.14. The van der Waals surface area contributed by atoms with Crippen LogP contribution in [0.4, 0.5) is 5.95 Å². The van der Waals surface area contributed by atoms with Gasteiger partial charge in [0.2, 0.25) is 16.0 Å². The van der Waals surface area contributed by atoms with E-state index in [1.807, 2.05) is 37.3 Å². The molecule has 0 amide bonds. The molecule has 10 nitrogen and oxygen atoms in total. The molecule has 0 fully saturated rings. The van der Waals surface area contributed by atoms with Gasteiger partial charge in [-0.05, 0) is 41.3 Å². The largest absolute Gasteiger partial charge is 0.486 e. The van der Waals surface area contributed by atoms with Crippen LogP contribution in [0, 0.1) is 6.92 Å². The Hall–Kier alpha value is -3.44. The van der Waals surface area contributed by atoms with E-state index in [0.717, 1.165) is 40.0 Å². The molecule has 2 aromatic carbocycles. The fraction of sp³-hybridized carbons (Fsp3) is 0.318. The molecule has 2 N–H and O–H groups in total. The molecule has 33 heavy (non-hydrogen) atoms. The van der Waals surface area contributed by atoms with Gasteiger partial charge in [0.1, 0.15) is 26.1 Å². The summed E-state index contributed by atoms with van der Waals surface area (Å²) in [5, 5.41) is 2.93. The van der Waals surface area contributed by atoms with E-state index < -0.39 is 10.0 Å². The van der Waals surface area contributed by atoms with Crippen molar-refractivity contribution in [1.29, 1.82) is 0 Å². The number of anilines is 1. The van der Waals surface area contributed by atoms with Crippen LogP contribution in [0.1, 0.15) is 11.1 Å². The van der Waals surface area contributed by atoms with Crippen molar-refractivity contribution >= 4 is 16.0 Å². The second-order valence-corrected chi connectivity index (χ2v) is 9.25. The Balaban J connectivity index is 1.41. The molecular weight excluding hydrogens is 446 g/mol. The predicted octanol–water partition coefficient (Wildman–Crippen LogP) is 2.16. The number of hydrogen-bond donors (Lipinski definition) is 2. The minimum absolute atomic E-state index is 0.174. The molecule has 0 spiro atoms. The monoisotopic (exact) mass is 471 g/mol. The van der Waals surface area contributed by atoms with Crippen LogP contribution in [-0.2, 0) is 16.6 Å². The first-order chi connectivity index (χ1) is 15.9. The van der Waals surface area contributed by atoms with Gasteiger partial charge in [-0.15, -0.1) is 0 Å². The zero-order chi connectivity index (χ0) is 23.3. The highest BCUT2D eigenvalue weighted by atomic mass is 32.2. The quantitative estimate of drug-likeness (QED) is 0.452. The second-order valence-electron chi connectivity index (χ2n) is 7.42. The molecule has 0 saturated carbocycles. The summed E-state index contributed by atoms with van der Waals surface area (Å²) >= 11 is 0. The molecule has 1 aliphatic heterocycles. The van der Waals surface area contributed by atoms with E-state index in [-0.39, 0.29) is 19.2 Å². The number of hydrogen-bond acceptors (Lipinski definition) is 9. The van der Waals surface area contributed by atoms with Crippen LogP contribution in [0.3, 0.4) is 0 Å². The maximum absolute atomic E-state index is 11.1. The average Bonchev–Trinajstić information content (AvgIpc) is 2.81. The molecule has 2 heterocycles. The van der Waals surface area contributed by atoms with Gasteiger partial charge in [-0.3, -0.25) is 0 Å². The van der Waals surface area contributed by atoms with Crippen molar-refractivity contribution < 1.29 is 22.6 Å². The lowest BCUT2D eigenvalue weighted by Gasteiger charge is -2.19. The normalized spacial score (nSPS) is 12.9. The van der Waals surface area contributed by atoms with Crippen LogP contribution in [0.5, 0.6) is 17.5 Å². The number of sulfonamides is 1. The van der Waals surface area contributed by atoms with Crippen LogP contribution in [0.15, 0.2) is 42.7 Å². The molecule has 3 aromatic rings. The fourth-order valence-electron chi connectivity index (χ4n) is 3.35. The Morgan fingerprint density at radius 3 is 2.70 bits per heavy atom. The minimum Gasteiger partial charge on any atom is -0.486 e. The zero-order valence-electron chi connectivity index (χ0n) is 18.4. The lowest BCUT2D eigenvalue weighted by Crippen LogP contribution is -2.28. The fourth-order valence-corrected chi connectivity index (χ4v) is 3.83. The van der Waals surface area contributed by atoms with Gasteiger partial charge in [-0.1, -0.05) is 24.3 Å². The first kappa shape index (κ1) is 22.7. The maximum Gasteiger partial charge on any atom is 0.321 e. The minimum atomic E-state index is -3.24. The number of nitrogens with zero attached hydrogens (tertiary/aromatic N) is 3. The Morgan fingerprint density at radius 2 is 1.88 bits per heavy atom. The molecule has 0 saturated heterocycles. The van der Waals surface area contributed by atoms with E-state index in [4.69, 9.17) is 14.2 Å². The van der Waals surface area contributed by atoms with Gasteiger partial charge in [0.15, 0.2) is 11.5 Å². The van der Waals surface area contributed by atoms with Gasteiger partial charge in [-0.25, -0.2) is 18.1 Å². The SMILES string of the molecule is Cc1c(COc2ncnc(NCCNS(C)(=O)=O)n2)cccc1-c1ccc2c(c1)OCCO2. The number of ether oxygens (including phenoxy) is 3. The van der Waals surface area contributed by atoms with Crippen LogP contribution < -0.4 is 24.2 Å². The summed E-state index contributed by atoms with van der Waals surface area (Å²) < 4.78 is 41.7. The number of fused-ring (bicyclic) bond motifs is 1. The highest BCUT2D eigenvalue weighted by Crippen LogP contribution is 2.36. The molecule has 1 aromatic heterocycles. The summed E-state index contributed by atoms with van der Waals surface area (Å²) in [6.45, 7) is 3.97. The summed E-state index contributed by atoms with van der Waals surface area (Å²) in [7, 11) is -3.24. The van der Waals surface area contributed by atoms with E-state index in [2.05, 4.69) is 31.1 Å². The van der Waals surface area contributed by atoms with Crippen LogP contribution in [0.2, 0.25) is 0 Å². The number of nitrogens with one attached hydrogen (secondary N) is 2. The molecule has 0 radical (unpaired) electrons. The molecule has 0 bridgehead atoms. The summed E-state index contributed by atoms with van der Waals surface area (Å²) in [5.74, 6) is 1.81. The summed E-state index contributed by atoms with van der Waals surface area (Å²) in [6, 6.07) is 12.1. The topological polar surface area (TPSA) is 125 Å². The molecule has 11 heteroatoms. The van der Waals surface area contributed by atoms with E-state index in [9.17, 15) is 8.42 Å². The van der Waals surface area contributed by atoms with Crippen LogP contribution in [-0.4, -0.2) is 55.9 Å². The summed E-state index contributed by atoms with van der Waals surface area (Å²) in [5.41, 5.74) is 4.18. The Bertz CT molecular complexity index is 1240. The van der Waals surface area contributed by atoms with Crippen molar-refractivity contribution in [3.63, 3.8) is 0 Å². The van der Waals surface area contributed by atoms with Gasteiger partial charge >= 0.3 is 6.01 Å². The molecular formula is C22H25N5O5S. The number of rotatable bonds is 9. The van der Waals surface area contributed by atoms with Crippen LogP contribution in [0.25, 0.3) is 11.1 Å². The van der Waals surface area contributed by atoms with Crippen molar-refractivity contribution in [2.45, 2.75) is 13.5 Å². The van der Waals surface area contributed by atoms with E-state index in [1.54, 1.807) is 0 Å². The van der Waals surface area contributed by atoms with Gasteiger partial charge in [-0.2, -0.15) is 9.97 Å². The Morgan fingerprint density at radius 1 is 1.06 bits per heavy atom. The first-order valence-corrected chi connectivity index (χ1v) is 12.3. The van der Waals surface area contributed by atoms with Gasteiger partial charge in [0.05, 0.1) is 6.26 Å².